The summed E-state index contributed by atoms with van der Waals surface area (Å²) in [5.74, 6) is -1.19. The average molecular weight is 278 g/mol. The minimum Gasteiger partial charge on any atom is -0.477 e. The zero-order chi connectivity index (χ0) is 14.1. The number of rotatable bonds is 4. The van der Waals surface area contributed by atoms with Crippen LogP contribution in [-0.4, -0.2) is 45.3 Å². The second-order valence-corrected chi connectivity index (χ2v) is 4.06. The number of carbonyl (C=O) groups is 1. The quantitative estimate of drug-likeness (QED) is 0.803. The fraction of sp³-hybridized carbons (Fsp3) is 0.273. The maximum absolute atomic E-state index is 11.2. The molecule has 9 heteroatoms. The second kappa shape index (κ2) is 4.78. The number of nitrogens with two attached hydrogens (primary N) is 1. The van der Waals surface area contributed by atoms with E-state index in [1.54, 1.807) is 0 Å². The van der Waals surface area contributed by atoms with Crippen molar-refractivity contribution < 1.29 is 23.8 Å². The number of nitrogens with zero attached hydrogens (tertiary/aromatic N) is 3. The van der Waals surface area contributed by atoms with Crippen LogP contribution in [0, 0.1) is 0 Å². The van der Waals surface area contributed by atoms with E-state index in [0.717, 1.165) is 0 Å². The van der Waals surface area contributed by atoms with E-state index < -0.39 is 5.97 Å². The standard InChI is InChI=1S/C11H10N4O5/c12-8-7(11(16)17)10(20-5-2-18-3-5)15-9(14-8)6-1-13-4-19-6/h1,4-5H,2-3H2,(H,16,17)(H2,12,14,15). The molecule has 0 aromatic carbocycles. The average Bonchev–Trinajstić information content (AvgIpc) is 2.86. The lowest BCUT2D eigenvalue weighted by Gasteiger charge is -2.26. The molecule has 0 saturated carbocycles. The van der Waals surface area contributed by atoms with E-state index in [9.17, 15) is 4.79 Å². The Morgan fingerprint density at radius 1 is 1.45 bits per heavy atom. The molecule has 2 aromatic rings. The van der Waals surface area contributed by atoms with Crippen LogP contribution >= 0.6 is 0 Å². The van der Waals surface area contributed by atoms with Crippen molar-refractivity contribution in [1.29, 1.82) is 0 Å². The lowest BCUT2D eigenvalue weighted by molar-refractivity contribution is -0.0815. The summed E-state index contributed by atoms with van der Waals surface area (Å²) in [5, 5.41) is 9.16. The maximum atomic E-state index is 11.2. The third-order valence-corrected chi connectivity index (χ3v) is 2.66. The highest BCUT2D eigenvalue weighted by Crippen LogP contribution is 2.27. The first kappa shape index (κ1) is 12.4. The molecule has 3 N–H and O–H groups in total. The minimum atomic E-state index is -1.26. The Morgan fingerprint density at radius 3 is 2.80 bits per heavy atom. The number of nitrogen functional groups attached to an aromatic ring is 1. The number of carboxylic acid groups (broad SMARTS) is 1. The van der Waals surface area contributed by atoms with Crippen LogP contribution in [-0.2, 0) is 4.74 Å². The number of oxazole rings is 1. The van der Waals surface area contributed by atoms with Gasteiger partial charge in [0.1, 0.15) is 11.9 Å². The number of aromatic carboxylic acids is 1. The van der Waals surface area contributed by atoms with Crippen LogP contribution in [0.1, 0.15) is 10.4 Å². The van der Waals surface area contributed by atoms with Crippen molar-refractivity contribution in [2.45, 2.75) is 6.10 Å². The Labute approximate surface area is 112 Å². The van der Waals surface area contributed by atoms with Gasteiger partial charge >= 0.3 is 5.97 Å². The van der Waals surface area contributed by atoms with E-state index in [4.69, 9.17) is 24.7 Å². The van der Waals surface area contributed by atoms with Crippen molar-refractivity contribution in [2.75, 3.05) is 18.9 Å². The molecule has 0 atom stereocenters. The Hall–Kier alpha value is -2.68. The highest BCUT2D eigenvalue weighted by atomic mass is 16.6. The SMILES string of the molecule is Nc1nc(-c2cnco2)nc(OC2COC2)c1C(=O)O. The van der Waals surface area contributed by atoms with Gasteiger partial charge < -0.3 is 24.7 Å². The first-order chi connectivity index (χ1) is 9.65. The first-order valence-corrected chi connectivity index (χ1v) is 5.69. The Kier molecular flexibility index (Phi) is 2.95. The highest BCUT2D eigenvalue weighted by Gasteiger charge is 2.27. The van der Waals surface area contributed by atoms with Gasteiger partial charge in [-0.3, -0.25) is 0 Å². The number of ether oxygens (including phenoxy) is 2. The highest BCUT2D eigenvalue weighted by molar-refractivity contribution is 5.95. The normalized spacial score (nSPS) is 14.8. The molecular formula is C11H10N4O5. The zero-order valence-corrected chi connectivity index (χ0v) is 10.1. The fourth-order valence-corrected chi connectivity index (χ4v) is 1.62. The number of carboxylic acids is 1. The number of hydrogen-bond acceptors (Lipinski definition) is 8. The molecule has 1 aliphatic rings. The first-order valence-electron chi connectivity index (χ1n) is 5.69. The molecule has 1 fully saturated rings. The molecule has 0 unspecified atom stereocenters. The summed E-state index contributed by atoms with van der Waals surface area (Å²) in [6, 6.07) is 0. The monoisotopic (exact) mass is 278 g/mol. The van der Waals surface area contributed by atoms with Gasteiger partial charge in [0.2, 0.25) is 11.7 Å². The van der Waals surface area contributed by atoms with Crippen LogP contribution in [0.3, 0.4) is 0 Å². The van der Waals surface area contributed by atoms with E-state index in [2.05, 4.69) is 15.0 Å². The number of aromatic nitrogens is 3. The van der Waals surface area contributed by atoms with E-state index in [-0.39, 0.29) is 34.9 Å². The minimum absolute atomic E-state index is 0.107. The van der Waals surface area contributed by atoms with Crippen LogP contribution in [0.15, 0.2) is 17.0 Å². The van der Waals surface area contributed by atoms with E-state index in [1.165, 1.54) is 12.6 Å². The summed E-state index contributed by atoms with van der Waals surface area (Å²) in [7, 11) is 0. The van der Waals surface area contributed by atoms with Crippen molar-refractivity contribution >= 4 is 11.8 Å². The second-order valence-electron chi connectivity index (χ2n) is 4.06. The molecule has 0 radical (unpaired) electrons. The smallest absolute Gasteiger partial charge is 0.345 e. The topological polar surface area (TPSA) is 134 Å². The third-order valence-electron chi connectivity index (χ3n) is 2.66. The summed E-state index contributed by atoms with van der Waals surface area (Å²) < 4.78 is 15.5. The molecule has 3 heterocycles. The summed E-state index contributed by atoms with van der Waals surface area (Å²) in [4.78, 5) is 22.9. The van der Waals surface area contributed by atoms with Crippen molar-refractivity contribution in [3.8, 4) is 17.5 Å². The van der Waals surface area contributed by atoms with Crippen molar-refractivity contribution in [3.05, 3.63) is 18.2 Å². The van der Waals surface area contributed by atoms with Crippen LogP contribution in [0.2, 0.25) is 0 Å². The van der Waals surface area contributed by atoms with Gasteiger partial charge in [-0.15, -0.1) is 0 Å². The molecule has 1 saturated heterocycles. The Balaban J connectivity index is 2.04. The van der Waals surface area contributed by atoms with E-state index >= 15 is 0 Å². The van der Waals surface area contributed by atoms with Gasteiger partial charge in [0.25, 0.3) is 0 Å². The van der Waals surface area contributed by atoms with Crippen LogP contribution in [0.4, 0.5) is 5.82 Å². The molecule has 3 rings (SSSR count). The van der Waals surface area contributed by atoms with Gasteiger partial charge in [0.05, 0.1) is 19.4 Å². The lowest BCUT2D eigenvalue weighted by Crippen LogP contribution is -2.39. The predicted octanol–water partition coefficient (Wildman–Crippen LogP) is 0.190. The lowest BCUT2D eigenvalue weighted by atomic mass is 10.2. The Morgan fingerprint density at radius 2 is 2.25 bits per heavy atom. The molecule has 0 bridgehead atoms. The van der Waals surface area contributed by atoms with E-state index in [1.807, 2.05) is 0 Å². The molecule has 104 valence electrons. The van der Waals surface area contributed by atoms with Gasteiger partial charge in [-0.25, -0.2) is 14.8 Å². The molecule has 20 heavy (non-hydrogen) atoms. The van der Waals surface area contributed by atoms with Crippen molar-refractivity contribution in [1.82, 2.24) is 15.0 Å². The molecule has 0 aliphatic carbocycles. The van der Waals surface area contributed by atoms with E-state index in [0.29, 0.717) is 13.2 Å². The molecular weight excluding hydrogens is 268 g/mol. The summed E-state index contributed by atoms with van der Waals surface area (Å²) in [6.45, 7) is 0.751. The van der Waals surface area contributed by atoms with Gasteiger partial charge in [0, 0.05) is 0 Å². The van der Waals surface area contributed by atoms with Gasteiger partial charge in [-0.2, -0.15) is 4.98 Å². The number of anilines is 1. The third kappa shape index (κ3) is 2.14. The van der Waals surface area contributed by atoms with Crippen LogP contribution < -0.4 is 10.5 Å². The van der Waals surface area contributed by atoms with Gasteiger partial charge in [0.15, 0.2) is 17.7 Å². The van der Waals surface area contributed by atoms with Crippen LogP contribution in [0.5, 0.6) is 5.88 Å². The molecule has 2 aromatic heterocycles. The van der Waals surface area contributed by atoms with Crippen LogP contribution in [0.25, 0.3) is 11.6 Å². The Bertz CT molecular complexity index is 639. The van der Waals surface area contributed by atoms with Crippen molar-refractivity contribution in [3.63, 3.8) is 0 Å². The molecule has 0 spiro atoms. The fourth-order valence-electron chi connectivity index (χ4n) is 1.62. The van der Waals surface area contributed by atoms with Gasteiger partial charge in [-0.1, -0.05) is 0 Å². The largest absolute Gasteiger partial charge is 0.477 e. The molecule has 1 aliphatic heterocycles. The molecule has 9 nitrogen and oxygen atoms in total. The summed E-state index contributed by atoms with van der Waals surface area (Å²) in [6.07, 6.45) is 2.36. The summed E-state index contributed by atoms with van der Waals surface area (Å²) >= 11 is 0. The molecule has 0 amide bonds. The maximum Gasteiger partial charge on any atom is 0.345 e. The van der Waals surface area contributed by atoms with Gasteiger partial charge in [-0.05, 0) is 0 Å². The number of hydrogen-bond donors (Lipinski definition) is 2. The summed E-state index contributed by atoms with van der Waals surface area (Å²) in [5.41, 5.74) is 5.38. The zero-order valence-electron chi connectivity index (χ0n) is 10.1. The van der Waals surface area contributed by atoms with Crippen molar-refractivity contribution in [2.24, 2.45) is 0 Å². The predicted molar refractivity (Wildman–Crippen MR) is 64.1 cm³/mol.